The number of para-hydroxylation sites is 1. The van der Waals surface area contributed by atoms with Gasteiger partial charge in [0.1, 0.15) is 0 Å². The molecule has 7 heteroatoms. The molecule has 17 heavy (non-hydrogen) atoms. The second kappa shape index (κ2) is 5.13. The highest BCUT2D eigenvalue weighted by molar-refractivity contribution is 7.80. The number of amides is 1. The highest BCUT2D eigenvalue weighted by Crippen LogP contribution is 2.34. The lowest BCUT2D eigenvalue weighted by Gasteiger charge is -2.13. The first kappa shape index (κ1) is 13.4. The third-order valence-electron chi connectivity index (χ3n) is 1.84. The molecule has 0 radical (unpaired) electrons. The number of nitrogens with one attached hydrogen (secondary N) is 1. The van der Waals surface area contributed by atoms with Crippen molar-refractivity contribution in [3.63, 3.8) is 0 Å². The first-order valence-electron chi connectivity index (χ1n) is 4.55. The highest BCUT2D eigenvalue weighted by atomic mass is 32.1. The van der Waals surface area contributed by atoms with Crippen LogP contribution in [0.5, 0.6) is 0 Å². The third kappa shape index (κ3) is 4.03. The zero-order valence-corrected chi connectivity index (χ0v) is 9.36. The number of carbonyl (C=O) groups excluding carboxylic acids is 1. The lowest BCUT2D eigenvalue weighted by molar-refractivity contribution is -0.137. The Morgan fingerprint density at radius 2 is 1.94 bits per heavy atom. The molecule has 1 amide bonds. The van der Waals surface area contributed by atoms with Crippen molar-refractivity contribution in [1.82, 2.24) is 0 Å². The largest absolute Gasteiger partial charge is 0.418 e. The van der Waals surface area contributed by atoms with Gasteiger partial charge in [-0.05, 0) is 12.1 Å². The molecule has 0 saturated carbocycles. The van der Waals surface area contributed by atoms with Gasteiger partial charge in [-0.2, -0.15) is 13.2 Å². The van der Waals surface area contributed by atoms with Crippen molar-refractivity contribution in [1.29, 1.82) is 0 Å². The van der Waals surface area contributed by atoms with Crippen LogP contribution in [0.1, 0.15) is 12.0 Å². The fourth-order valence-corrected chi connectivity index (χ4v) is 1.32. The molecule has 3 nitrogen and oxygen atoms in total. The van der Waals surface area contributed by atoms with Gasteiger partial charge in [-0.1, -0.05) is 24.4 Å². The van der Waals surface area contributed by atoms with Crippen molar-refractivity contribution >= 4 is 28.8 Å². The number of rotatable bonds is 3. The number of hydrogen-bond acceptors (Lipinski definition) is 2. The van der Waals surface area contributed by atoms with Gasteiger partial charge in [-0.15, -0.1) is 0 Å². The van der Waals surface area contributed by atoms with Gasteiger partial charge in [-0.25, -0.2) is 0 Å². The van der Waals surface area contributed by atoms with E-state index in [-0.39, 0.29) is 17.1 Å². The monoisotopic (exact) mass is 262 g/mol. The van der Waals surface area contributed by atoms with Gasteiger partial charge in [0.15, 0.2) is 0 Å². The summed E-state index contributed by atoms with van der Waals surface area (Å²) < 4.78 is 37.7. The van der Waals surface area contributed by atoms with Gasteiger partial charge in [0.2, 0.25) is 5.91 Å². The van der Waals surface area contributed by atoms with E-state index in [1.165, 1.54) is 18.2 Å². The Morgan fingerprint density at radius 3 is 2.47 bits per heavy atom. The Hall–Kier alpha value is -1.63. The molecule has 0 aliphatic rings. The van der Waals surface area contributed by atoms with Crippen molar-refractivity contribution in [2.75, 3.05) is 5.32 Å². The number of alkyl halides is 3. The van der Waals surface area contributed by atoms with Crippen LogP contribution in [0.25, 0.3) is 0 Å². The molecule has 1 aromatic rings. The van der Waals surface area contributed by atoms with Crippen LogP contribution in [-0.4, -0.2) is 10.9 Å². The molecule has 0 spiro atoms. The zero-order chi connectivity index (χ0) is 13.1. The Kier molecular flexibility index (Phi) is 4.06. The summed E-state index contributed by atoms with van der Waals surface area (Å²) in [5.74, 6) is -0.672. The molecule has 0 bridgehead atoms. The average molecular weight is 262 g/mol. The van der Waals surface area contributed by atoms with Crippen LogP contribution in [-0.2, 0) is 11.0 Å². The number of hydrogen-bond donors (Lipinski definition) is 2. The topological polar surface area (TPSA) is 55.1 Å². The minimum Gasteiger partial charge on any atom is -0.393 e. The van der Waals surface area contributed by atoms with Gasteiger partial charge < -0.3 is 11.1 Å². The zero-order valence-electron chi connectivity index (χ0n) is 8.54. The Balaban J connectivity index is 2.92. The minimum absolute atomic E-state index is 0.0769. The van der Waals surface area contributed by atoms with E-state index in [1.54, 1.807) is 0 Å². The number of thiocarbonyl (C=S) groups is 1. The molecule has 3 N–H and O–H groups in total. The van der Waals surface area contributed by atoms with E-state index < -0.39 is 17.6 Å². The van der Waals surface area contributed by atoms with Crippen molar-refractivity contribution in [3.05, 3.63) is 29.8 Å². The summed E-state index contributed by atoms with van der Waals surface area (Å²) in [4.78, 5) is 11.2. The fourth-order valence-electron chi connectivity index (χ4n) is 1.19. The SMILES string of the molecule is NC(=S)CC(=O)Nc1ccccc1C(F)(F)F. The second-order valence-corrected chi connectivity index (χ2v) is 3.76. The number of nitrogens with two attached hydrogens (primary N) is 1. The number of carbonyl (C=O) groups is 1. The van der Waals surface area contributed by atoms with E-state index in [0.717, 1.165) is 6.07 Å². The molecule has 0 unspecified atom stereocenters. The molecule has 0 saturated heterocycles. The minimum atomic E-state index is -4.52. The van der Waals surface area contributed by atoms with Crippen molar-refractivity contribution in [2.45, 2.75) is 12.6 Å². The summed E-state index contributed by atoms with van der Waals surface area (Å²) in [5, 5.41) is 2.12. The summed E-state index contributed by atoms with van der Waals surface area (Å²) in [6.07, 6.45) is -4.81. The number of anilines is 1. The van der Waals surface area contributed by atoms with Gasteiger partial charge in [0.05, 0.1) is 22.7 Å². The number of halogens is 3. The maximum Gasteiger partial charge on any atom is 0.418 e. The Morgan fingerprint density at radius 1 is 1.35 bits per heavy atom. The van der Waals surface area contributed by atoms with E-state index in [0.29, 0.717) is 0 Å². The smallest absolute Gasteiger partial charge is 0.393 e. The molecular formula is C10H9F3N2OS. The van der Waals surface area contributed by atoms with Crippen LogP contribution < -0.4 is 11.1 Å². The van der Waals surface area contributed by atoms with Gasteiger partial charge >= 0.3 is 6.18 Å². The molecule has 0 aromatic heterocycles. The predicted octanol–water partition coefficient (Wildman–Crippen LogP) is 2.32. The molecule has 1 rings (SSSR count). The molecule has 0 aliphatic heterocycles. The lowest BCUT2D eigenvalue weighted by Crippen LogP contribution is -2.21. The average Bonchev–Trinajstić information content (AvgIpc) is 2.15. The van der Waals surface area contributed by atoms with Crippen LogP contribution >= 0.6 is 12.2 Å². The van der Waals surface area contributed by atoms with Crippen LogP contribution in [0, 0.1) is 0 Å². The summed E-state index contributed by atoms with van der Waals surface area (Å²) in [6, 6.07) is 4.69. The maximum absolute atomic E-state index is 12.6. The van der Waals surface area contributed by atoms with E-state index in [1.807, 2.05) is 0 Å². The van der Waals surface area contributed by atoms with E-state index in [9.17, 15) is 18.0 Å². The Bertz CT molecular complexity index is 445. The fraction of sp³-hybridized carbons (Fsp3) is 0.200. The maximum atomic E-state index is 12.6. The predicted molar refractivity (Wildman–Crippen MR) is 61.5 cm³/mol. The van der Waals surface area contributed by atoms with Crippen LogP contribution in [0.15, 0.2) is 24.3 Å². The van der Waals surface area contributed by atoms with Crippen LogP contribution in [0.3, 0.4) is 0 Å². The van der Waals surface area contributed by atoms with E-state index in [2.05, 4.69) is 17.5 Å². The Labute approximate surface area is 101 Å². The molecule has 0 aliphatic carbocycles. The van der Waals surface area contributed by atoms with E-state index in [4.69, 9.17) is 5.73 Å². The first-order valence-corrected chi connectivity index (χ1v) is 4.96. The van der Waals surface area contributed by atoms with Crippen molar-refractivity contribution in [2.24, 2.45) is 5.73 Å². The van der Waals surface area contributed by atoms with Crippen molar-refractivity contribution < 1.29 is 18.0 Å². The molecule has 0 fully saturated rings. The summed E-state index contributed by atoms with van der Waals surface area (Å²) in [6.45, 7) is 0. The van der Waals surface area contributed by atoms with Crippen molar-refractivity contribution in [3.8, 4) is 0 Å². The van der Waals surface area contributed by atoms with Gasteiger partial charge in [-0.3, -0.25) is 4.79 Å². The van der Waals surface area contributed by atoms with Gasteiger partial charge in [0.25, 0.3) is 0 Å². The van der Waals surface area contributed by atoms with Gasteiger partial charge in [0, 0.05) is 0 Å². The molecular weight excluding hydrogens is 253 g/mol. The standard InChI is InChI=1S/C10H9F3N2OS/c11-10(12,13)6-3-1-2-4-7(6)15-9(16)5-8(14)17/h1-4H,5H2,(H2,14,17)(H,15,16). The number of benzene rings is 1. The first-order chi connectivity index (χ1) is 7.80. The second-order valence-electron chi connectivity index (χ2n) is 3.23. The summed E-state index contributed by atoms with van der Waals surface area (Å²) >= 11 is 4.49. The quantitative estimate of drug-likeness (QED) is 0.822. The summed E-state index contributed by atoms with van der Waals surface area (Å²) in [7, 11) is 0. The van der Waals surface area contributed by atoms with Crippen LogP contribution in [0.4, 0.5) is 18.9 Å². The van der Waals surface area contributed by atoms with E-state index >= 15 is 0 Å². The normalized spacial score (nSPS) is 11.0. The molecule has 0 atom stereocenters. The van der Waals surface area contributed by atoms with Crippen LogP contribution in [0.2, 0.25) is 0 Å². The lowest BCUT2D eigenvalue weighted by atomic mass is 10.1. The third-order valence-corrected chi connectivity index (χ3v) is 1.99. The molecule has 0 heterocycles. The summed E-state index contributed by atoms with van der Waals surface area (Å²) in [5.41, 5.74) is 3.91. The molecule has 1 aromatic carbocycles. The highest BCUT2D eigenvalue weighted by Gasteiger charge is 2.33. The molecule has 92 valence electrons.